The first-order chi connectivity index (χ1) is 16.5. The van der Waals surface area contributed by atoms with Crippen LogP contribution in [0.4, 0.5) is 5.69 Å². The summed E-state index contributed by atoms with van der Waals surface area (Å²) in [5.41, 5.74) is 2.70. The van der Waals surface area contributed by atoms with Gasteiger partial charge in [-0.3, -0.25) is 18.7 Å². The van der Waals surface area contributed by atoms with Crippen molar-refractivity contribution in [1.82, 2.24) is 9.13 Å². The number of amides is 1. The van der Waals surface area contributed by atoms with Gasteiger partial charge in [0.25, 0.3) is 5.56 Å². The van der Waals surface area contributed by atoms with Gasteiger partial charge in [-0.2, -0.15) is 0 Å². The maximum Gasteiger partial charge on any atom is 0.331 e. The Balaban J connectivity index is 1.71. The van der Waals surface area contributed by atoms with Crippen LogP contribution in [-0.4, -0.2) is 21.6 Å². The zero-order valence-electron chi connectivity index (χ0n) is 19.6. The monoisotopic (exact) mass is 455 g/mol. The van der Waals surface area contributed by atoms with Gasteiger partial charge in [0.2, 0.25) is 5.91 Å². The molecule has 0 N–H and O–H groups in total. The van der Waals surface area contributed by atoms with Gasteiger partial charge in [-0.1, -0.05) is 61.5 Å². The van der Waals surface area contributed by atoms with E-state index in [-0.39, 0.29) is 24.6 Å². The third-order valence-corrected chi connectivity index (χ3v) is 6.17. The summed E-state index contributed by atoms with van der Waals surface area (Å²) in [5.74, 6) is -0.202. The van der Waals surface area contributed by atoms with E-state index in [9.17, 15) is 14.4 Å². The maximum atomic E-state index is 13.4. The first-order valence-corrected chi connectivity index (χ1v) is 11.7. The Morgan fingerprint density at radius 1 is 0.794 bits per heavy atom. The van der Waals surface area contributed by atoms with Gasteiger partial charge in [0.05, 0.1) is 10.9 Å². The van der Waals surface area contributed by atoms with E-state index in [0.29, 0.717) is 23.9 Å². The van der Waals surface area contributed by atoms with Crippen LogP contribution >= 0.6 is 0 Å². The van der Waals surface area contributed by atoms with E-state index >= 15 is 0 Å². The summed E-state index contributed by atoms with van der Waals surface area (Å²) >= 11 is 0. The third-order valence-electron chi connectivity index (χ3n) is 6.17. The highest BCUT2D eigenvalue weighted by Gasteiger charge is 2.19. The molecule has 0 saturated heterocycles. The number of fused-ring (bicyclic) bond motifs is 1. The van der Waals surface area contributed by atoms with Gasteiger partial charge in [0.15, 0.2) is 0 Å². The SMILES string of the molecule is CCc1ccc(N(CC)C(=O)Cn2c(=O)n(CCc3ccccc3)c(=O)c3ccccc32)cc1. The number of carbonyl (C=O) groups is 1. The van der Waals surface area contributed by atoms with E-state index in [4.69, 9.17) is 0 Å². The van der Waals surface area contributed by atoms with Crippen molar-refractivity contribution in [2.24, 2.45) is 0 Å². The van der Waals surface area contributed by atoms with E-state index in [1.165, 1.54) is 14.7 Å². The summed E-state index contributed by atoms with van der Waals surface area (Å²) in [5, 5.41) is 0.429. The molecular weight excluding hydrogens is 426 g/mol. The van der Waals surface area contributed by atoms with Gasteiger partial charge < -0.3 is 4.90 Å². The molecule has 6 nitrogen and oxygen atoms in total. The fourth-order valence-electron chi connectivity index (χ4n) is 4.24. The second-order valence-corrected chi connectivity index (χ2v) is 8.24. The molecule has 0 unspecified atom stereocenters. The number of anilines is 1. The summed E-state index contributed by atoms with van der Waals surface area (Å²) in [6.45, 7) is 4.57. The van der Waals surface area contributed by atoms with Gasteiger partial charge >= 0.3 is 5.69 Å². The lowest BCUT2D eigenvalue weighted by molar-refractivity contribution is -0.119. The predicted molar refractivity (Wildman–Crippen MR) is 136 cm³/mol. The smallest absolute Gasteiger partial charge is 0.311 e. The van der Waals surface area contributed by atoms with Crippen LogP contribution in [0.5, 0.6) is 0 Å². The Morgan fingerprint density at radius 3 is 2.15 bits per heavy atom. The van der Waals surface area contributed by atoms with Crippen molar-refractivity contribution < 1.29 is 4.79 Å². The van der Waals surface area contributed by atoms with Crippen molar-refractivity contribution in [3.63, 3.8) is 0 Å². The normalized spacial score (nSPS) is 11.0. The van der Waals surface area contributed by atoms with Crippen molar-refractivity contribution in [2.45, 2.75) is 39.8 Å². The van der Waals surface area contributed by atoms with E-state index < -0.39 is 5.69 Å². The molecule has 0 bridgehead atoms. The second-order valence-electron chi connectivity index (χ2n) is 8.24. The third kappa shape index (κ3) is 4.71. The molecule has 0 spiro atoms. The summed E-state index contributed by atoms with van der Waals surface area (Å²) in [4.78, 5) is 41.6. The second kappa shape index (κ2) is 10.3. The Morgan fingerprint density at radius 2 is 1.47 bits per heavy atom. The number of hydrogen-bond donors (Lipinski definition) is 0. The predicted octanol–water partition coefficient (Wildman–Crippen LogP) is 4.02. The van der Waals surface area contributed by atoms with E-state index in [2.05, 4.69) is 6.92 Å². The number of aryl methyl sites for hydroxylation is 2. The standard InChI is InChI=1S/C28H29N3O3/c1-3-21-14-16-23(17-15-21)29(4-2)26(32)20-31-25-13-9-8-12-24(25)27(33)30(28(31)34)19-18-22-10-6-5-7-11-22/h5-17H,3-4,18-20H2,1-2H3. The lowest BCUT2D eigenvalue weighted by Gasteiger charge is -2.23. The summed E-state index contributed by atoms with van der Waals surface area (Å²) in [7, 11) is 0. The molecule has 34 heavy (non-hydrogen) atoms. The van der Waals surface area contributed by atoms with Gasteiger partial charge in [0, 0.05) is 18.8 Å². The number of benzene rings is 3. The largest absolute Gasteiger partial charge is 0.331 e. The zero-order valence-corrected chi connectivity index (χ0v) is 19.6. The highest BCUT2D eigenvalue weighted by molar-refractivity contribution is 5.94. The molecule has 1 amide bonds. The molecule has 0 aliphatic rings. The van der Waals surface area contributed by atoms with E-state index in [0.717, 1.165) is 17.7 Å². The highest BCUT2D eigenvalue weighted by Crippen LogP contribution is 2.17. The highest BCUT2D eigenvalue weighted by atomic mass is 16.2. The minimum absolute atomic E-state index is 0.145. The number of para-hydroxylation sites is 1. The van der Waals surface area contributed by atoms with Crippen molar-refractivity contribution in [2.75, 3.05) is 11.4 Å². The average Bonchev–Trinajstić information content (AvgIpc) is 2.88. The molecule has 0 fully saturated rings. The van der Waals surface area contributed by atoms with Gasteiger partial charge in [-0.25, -0.2) is 4.79 Å². The van der Waals surface area contributed by atoms with Crippen LogP contribution in [0.25, 0.3) is 10.9 Å². The topological polar surface area (TPSA) is 64.3 Å². The molecule has 1 heterocycles. The molecule has 0 aliphatic heterocycles. The Labute approximate surface area is 198 Å². The molecule has 0 atom stereocenters. The summed E-state index contributed by atoms with van der Waals surface area (Å²) in [6, 6.07) is 24.6. The fraction of sp³-hybridized carbons (Fsp3) is 0.250. The minimum Gasteiger partial charge on any atom is -0.311 e. The van der Waals surface area contributed by atoms with Crippen LogP contribution in [0.2, 0.25) is 0 Å². The minimum atomic E-state index is -0.467. The van der Waals surface area contributed by atoms with Crippen molar-refractivity contribution >= 4 is 22.5 Å². The van der Waals surface area contributed by atoms with Crippen LogP contribution in [0.15, 0.2) is 88.5 Å². The number of hydrogen-bond acceptors (Lipinski definition) is 3. The number of rotatable bonds is 8. The number of nitrogens with zero attached hydrogens (tertiary/aromatic N) is 3. The van der Waals surface area contributed by atoms with E-state index in [1.807, 2.05) is 61.5 Å². The quantitative estimate of drug-likeness (QED) is 0.403. The molecule has 6 heteroatoms. The molecule has 4 aromatic rings. The fourth-order valence-corrected chi connectivity index (χ4v) is 4.24. The average molecular weight is 456 g/mol. The lowest BCUT2D eigenvalue weighted by Crippen LogP contribution is -2.44. The van der Waals surface area contributed by atoms with Crippen molar-refractivity contribution in [3.05, 3.63) is 111 Å². The zero-order chi connectivity index (χ0) is 24.1. The van der Waals surface area contributed by atoms with Crippen LogP contribution in [0.3, 0.4) is 0 Å². The van der Waals surface area contributed by atoms with Crippen molar-refractivity contribution in [1.29, 1.82) is 0 Å². The first kappa shape index (κ1) is 23.2. The van der Waals surface area contributed by atoms with Crippen LogP contribution in [0, 0.1) is 0 Å². The van der Waals surface area contributed by atoms with Gasteiger partial charge in [-0.05, 0) is 55.2 Å². The maximum absolute atomic E-state index is 13.4. The molecule has 174 valence electrons. The van der Waals surface area contributed by atoms with Gasteiger partial charge in [-0.15, -0.1) is 0 Å². The molecule has 4 rings (SSSR count). The number of likely N-dealkylation sites (N-methyl/N-ethyl adjacent to an activating group) is 1. The number of aromatic nitrogens is 2. The Hall–Kier alpha value is -3.93. The molecule has 0 radical (unpaired) electrons. The van der Waals surface area contributed by atoms with Gasteiger partial charge in [0.1, 0.15) is 6.54 Å². The van der Waals surface area contributed by atoms with Crippen LogP contribution in [0.1, 0.15) is 25.0 Å². The molecule has 3 aromatic carbocycles. The molecule has 0 aliphatic carbocycles. The summed E-state index contributed by atoms with van der Waals surface area (Å²) < 4.78 is 2.67. The first-order valence-electron chi connectivity index (χ1n) is 11.7. The summed E-state index contributed by atoms with van der Waals surface area (Å²) in [6.07, 6.45) is 1.47. The Kier molecular flexibility index (Phi) is 7.07. The lowest BCUT2D eigenvalue weighted by atomic mass is 10.1. The molecule has 0 saturated carbocycles. The Bertz CT molecular complexity index is 1400. The van der Waals surface area contributed by atoms with Crippen LogP contribution < -0.4 is 16.1 Å². The van der Waals surface area contributed by atoms with Crippen molar-refractivity contribution in [3.8, 4) is 0 Å². The molecule has 1 aromatic heterocycles. The van der Waals surface area contributed by atoms with E-state index in [1.54, 1.807) is 29.2 Å². The number of carbonyl (C=O) groups excluding carboxylic acids is 1. The van der Waals surface area contributed by atoms with Crippen LogP contribution in [-0.2, 0) is 30.7 Å². The molecular formula is C28H29N3O3.